The van der Waals surface area contributed by atoms with Crippen LogP contribution in [0.25, 0.3) is 27.9 Å². The minimum absolute atomic E-state index is 0.00715. The second-order valence-electron chi connectivity index (χ2n) is 8.08. The Balaban J connectivity index is 1.32. The number of alkyl halides is 3. The van der Waals surface area contributed by atoms with Gasteiger partial charge in [0.2, 0.25) is 5.95 Å². The summed E-state index contributed by atoms with van der Waals surface area (Å²) >= 11 is 0. The van der Waals surface area contributed by atoms with Gasteiger partial charge in [0.05, 0.1) is 23.5 Å². The van der Waals surface area contributed by atoms with Crippen molar-refractivity contribution in [1.82, 2.24) is 29.1 Å². The van der Waals surface area contributed by atoms with E-state index in [9.17, 15) is 13.2 Å². The van der Waals surface area contributed by atoms with Gasteiger partial charge in [0.25, 0.3) is 0 Å². The molecular formula is C21H22F3N7O. The maximum Gasteiger partial charge on any atom is 0.522 e. The number of rotatable bonds is 4. The van der Waals surface area contributed by atoms with Crippen LogP contribution in [0.3, 0.4) is 0 Å². The third-order valence-electron chi connectivity index (χ3n) is 5.94. The number of hydrogen-bond donors (Lipinski definition) is 1. The van der Waals surface area contributed by atoms with Crippen molar-refractivity contribution in [3.63, 3.8) is 0 Å². The van der Waals surface area contributed by atoms with Gasteiger partial charge >= 0.3 is 6.36 Å². The van der Waals surface area contributed by atoms with Gasteiger partial charge in [0, 0.05) is 24.8 Å². The molecule has 0 spiro atoms. The van der Waals surface area contributed by atoms with Crippen molar-refractivity contribution in [1.29, 1.82) is 0 Å². The van der Waals surface area contributed by atoms with Gasteiger partial charge in [-0.2, -0.15) is 0 Å². The minimum atomic E-state index is -4.58. The largest absolute Gasteiger partial charge is 0.522 e. The van der Waals surface area contributed by atoms with E-state index in [1.807, 2.05) is 42.9 Å². The van der Waals surface area contributed by atoms with Crippen LogP contribution in [0, 0.1) is 6.92 Å². The van der Waals surface area contributed by atoms with Crippen LogP contribution < -0.4 is 5.32 Å². The monoisotopic (exact) mass is 445 g/mol. The molecule has 1 saturated carbocycles. The van der Waals surface area contributed by atoms with Gasteiger partial charge in [-0.15, -0.1) is 18.3 Å². The summed E-state index contributed by atoms with van der Waals surface area (Å²) in [7, 11) is 1.93. The van der Waals surface area contributed by atoms with Crippen LogP contribution in [0.15, 0.2) is 30.6 Å². The third-order valence-corrected chi connectivity index (χ3v) is 5.94. The standard InChI is InChI=1S/C21H22F3N7O/c1-12-26-17-8-7-16(28-19(17)30(12)2)15-9-10-31-18(15)11-25-20(29-31)27-13-3-5-14(6-4-13)32-21(22,23)24/h7-11,13-14H,3-6H2,1-2H3,(H,27,29). The van der Waals surface area contributed by atoms with E-state index in [1.165, 1.54) is 0 Å². The first kappa shape index (κ1) is 20.7. The van der Waals surface area contributed by atoms with Crippen molar-refractivity contribution in [2.75, 3.05) is 5.32 Å². The summed E-state index contributed by atoms with van der Waals surface area (Å²) in [5.74, 6) is 1.33. The summed E-state index contributed by atoms with van der Waals surface area (Å²) < 4.78 is 45.0. The zero-order chi connectivity index (χ0) is 22.5. The van der Waals surface area contributed by atoms with Crippen LogP contribution in [0.5, 0.6) is 0 Å². The predicted molar refractivity (Wildman–Crippen MR) is 112 cm³/mol. The molecule has 11 heteroatoms. The Bertz CT molecular complexity index is 1270. The van der Waals surface area contributed by atoms with E-state index in [4.69, 9.17) is 4.98 Å². The lowest BCUT2D eigenvalue weighted by Gasteiger charge is -2.29. The van der Waals surface area contributed by atoms with Crippen LogP contribution in [-0.4, -0.2) is 47.6 Å². The normalized spacial score (nSPS) is 19.7. The molecule has 32 heavy (non-hydrogen) atoms. The van der Waals surface area contributed by atoms with E-state index in [0.717, 1.165) is 33.8 Å². The average Bonchev–Trinajstić information content (AvgIpc) is 3.29. The smallest absolute Gasteiger partial charge is 0.350 e. The molecule has 4 aromatic rings. The highest BCUT2D eigenvalue weighted by molar-refractivity contribution is 5.82. The Morgan fingerprint density at radius 1 is 1.09 bits per heavy atom. The van der Waals surface area contributed by atoms with E-state index in [2.05, 4.69) is 25.1 Å². The number of fused-ring (bicyclic) bond motifs is 2. The van der Waals surface area contributed by atoms with Gasteiger partial charge < -0.3 is 9.88 Å². The molecule has 4 aromatic heterocycles. The fourth-order valence-corrected chi connectivity index (χ4v) is 4.21. The molecule has 8 nitrogen and oxygen atoms in total. The maximum atomic E-state index is 12.4. The fourth-order valence-electron chi connectivity index (χ4n) is 4.21. The molecule has 0 atom stereocenters. The van der Waals surface area contributed by atoms with Gasteiger partial charge in [-0.05, 0) is 50.8 Å². The van der Waals surface area contributed by atoms with Gasteiger partial charge in [0.15, 0.2) is 5.65 Å². The molecule has 0 bridgehead atoms. The molecule has 0 saturated heterocycles. The van der Waals surface area contributed by atoms with Crippen LogP contribution in [0.1, 0.15) is 31.5 Å². The lowest BCUT2D eigenvalue weighted by atomic mass is 9.93. The third kappa shape index (κ3) is 3.99. The molecule has 5 rings (SSSR count). The number of hydrogen-bond acceptors (Lipinski definition) is 6. The van der Waals surface area contributed by atoms with E-state index in [-0.39, 0.29) is 6.04 Å². The average molecular weight is 445 g/mol. The minimum Gasteiger partial charge on any atom is -0.350 e. The summed E-state index contributed by atoms with van der Waals surface area (Å²) in [6.07, 6.45) is 0.00992. The summed E-state index contributed by atoms with van der Waals surface area (Å²) in [4.78, 5) is 13.7. The van der Waals surface area contributed by atoms with Gasteiger partial charge in [-0.3, -0.25) is 4.74 Å². The number of imidazole rings is 1. The van der Waals surface area contributed by atoms with Crippen LogP contribution in [-0.2, 0) is 11.8 Å². The van der Waals surface area contributed by atoms with Crippen LogP contribution in [0.4, 0.5) is 19.1 Å². The molecule has 0 unspecified atom stereocenters. The predicted octanol–water partition coefficient (Wildman–Crippen LogP) is 4.25. The van der Waals surface area contributed by atoms with Crippen molar-refractivity contribution in [3.05, 3.63) is 36.4 Å². The molecule has 168 valence electrons. The van der Waals surface area contributed by atoms with Crippen LogP contribution >= 0.6 is 0 Å². The van der Waals surface area contributed by atoms with E-state index in [0.29, 0.717) is 31.6 Å². The SMILES string of the molecule is Cc1nc2ccc(-c3ccn4nc(NC5CCC(OC(F)(F)F)CC5)ncc34)nc2n1C. The summed E-state index contributed by atoms with van der Waals surface area (Å²) in [6.45, 7) is 1.94. The quantitative estimate of drug-likeness (QED) is 0.506. The van der Waals surface area contributed by atoms with Crippen LogP contribution in [0.2, 0.25) is 0 Å². The second kappa shape index (κ2) is 7.73. The Labute approximate surface area is 181 Å². The van der Waals surface area contributed by atoms with Gasteiger partial charge in [-0.25, -0.2) is 19.5 Å². The number of nitrogens with zero attached hydrogens (tertiary/aromatic N) is 6. The molecule has 1 aliphatic rings. The molecule has 0 aromatic carbocycles. The number of anilines is 1. The number of aryl methyl sites for hydroxylation is 2. The molecule has 0 amide bonds. The summed E-state index contributed by atoms with van der Waals surface area (Å²) in [6, 6.07) is 5.82. The highest BCUT2D eigenvalue weighted by Gasteiger charge is 2.35. The first-order valence-corrected chi connectivity index (χ1v) is 10.4. The lowest BCUT2D eigenvalue weighted by molar-refractivity contribution is -0.345. The maximum absolute atomic E-state index is 12.4. The summed E-state index contributed by atoms with van der Waals surface area (Å²) in [5.41, 5.74) is 4.17. The Morgan fingerprint density at radius 2 is 1.88 bits per heavy atom. The zero-order valence-electron chi connectivity index (χ0n) is 17.6. The Kier molecular flexibility index (Phi) is 5.00. The Hall–Kier alpha value is -3.21. The molecule has 1 aliphatic carbocycles. The molecule has 0 aliphatic heterocycles. The number of nitrogens with one attached hydrogen (secondary N) is 1. The van der Waals surface area contributed by atoms with Crippen molar-refractivity contribution in [2.24, 2.45) is 7.05 Å². The van der Waals surface area contributed by atoms with Gasteiger partial charge in [-0.1, -0.05) is 0 Å². The molecular weight excluding hydrogens is 423 g/mol. The fraction of sp³-hybridized carbons (Fsp3) is 0.429. The Morgan fingerprint density at radius 3 is 2.62 bits per heavy atom. The summed E-state index contributed by atoms with van der Waals surface area (Å²) in [5, 5.41) is 7.75. The number of ether oxygens (including phenoxy) is 1. The van der Waals surface area contributed by atoms with Gasteiger partial charge in [0.1, 0.15) is 11.3 Å². The zero-order valence-corrected chi connectivity index (χ0v) is 17.6. The highest BCUT2D eigenvalue weighted by Crippen LogP contribution is 2.29. The number of halogens is 3. The number of pyridine rings is 1. The van der Waals surface area contributed by atoms with E-state index in [1.54, 1.807) is 10.7 Å². The second-order valence-corrected chi connectivity index (χ2v) is 8.08. The van der Waals surface area contributed by atoms with Crippen molar-refractivity contribution in [3.8, 4) is 11.3 Å². The van der Waals surface area contributed by atoms with Crippen molar-refractivity contribution in [2.45, 2.75) is 51.1 Å². The molecule has 1 fully saturated rings. The highest BCUT2D eigenvalue weighted by atomic mass is 19.4. The molecule has 0 radical (unpaired) electrons. The van der Waals surface area contributed by atoms with E-state index >= 15 is 0 Å². The topological polar surface area (TPSA) is 82.2 Å². The molecule has 1 N–H and O–H groups in total. The van der Waals surface area contributed by atoms with Crippen molar-refractivity contribution >= 4 is 22.6 Å². The first-order chi connectivity index (χ1) is 15.3. The molecule has 4 heterocycles. The number of aromatic nitrogens is 6. The van der Waals surface area contributed by atoms with Crippen molar-refractivity contribution < 1.29 is 17.9 Å². The first-order valence-electron chi connectivity index (χ1n) is 10.4. The lowest BCUT2D eigenvalue weighted by Crippen LogP contribution is -2.33. The van der Waals surface area contributed by atoms with E-state index < -0.39 is 12.5 Å².